The van der Waals surface area contributed by atoms with Gasteiger partial charge in [-0.1, -0.05) is 0 Å². The Morgan fingerprint density at radius 1 is 1.26 bits per heavy atom. The van der Waals surface area contributed by atoms with Gasteiger partial charge in [-0.15, -0.1) is 0 Å². The number of aliphatic hydroxyl groups excluding tert-OH is 1. The highest BCUT2D eigenvalue weighted by Crippen LogP contribution is 2.44. The molecule has 6 heteroatoms. The Labute approximate surface area is 138 Å². The number of likely N-dealkylation sites (tertiary alicyclic amines) is 1. The maximum Gasteiger partial charge on any atom is 0.235 e. The van der Waals surface area contributed by atoms with Crippen LogP contribution in [0.25, 0.3) is 0 Å². The second kappa shape index (κ2) is 7.05. The summed E-state index contributed by atoms with van der Waals surface area (Å²) < 4.78 is 17.5. The van der Waals surface area contributed by atoms with E-state index in [1.165, 1.54) is 0 Å². The standard InChI is InChI=1S/C17H29NO5/c1-12(23-14-8-4-6-10-22-14)15-17(2,11-19)16(20)18(15)13-7-3-5-9-21-13/h12-15,19H,3-11H2,1-2H3. The number of carbonyl (C=O) groups is 1. The smallest absolute Gasteiger partial charge is 0.235 e. The Morgan fingerprint density at radius 2 is 1.96 bits per heavy atom. The topological polar surface area (TPSA) is 68.2 Å². The van der Waals surface area contributed by atoms with E-state index < -0.39 is 5.41 Å². The molecule has 1 amide bonds. The summed E-state index contributed by atoms with van der Waals surface area (Å²) in [6.07, 6.45) is 5.46. The Kier molecular flexibility index (Phi) is 5.26. The molecule has 0 saturated carbocycles. The number of amides is 1. The van der Waals surface area contributed by atoms with Gasteiger partial charge in [0, 0.05) is 13.2 Å². The first-order valence-electron chi connectivity index (χ1n) is 8.90. The summed E-state index contributed by atoms with van der Waals surface area (Å²) in [5.74, 6) is -0.0306. The van der Waals surface area contributed by atoms with Crippen molar-refractivity contribution in [3.63, 3.8) is 0 Å². The summed E-state index contributed by atoms with van der Waals surface area (Å²) >= 11 is 0. The number of ether oxygens (including phenoxy) is 3. The number of aliphatic hydroxyl groups is 1. The van der Waals surface area contributed by atoms with Gasteiger partial charge in [0.25, 0.3) is 0 Å². The van der Waals surface area contributed by atoms with Crippen molar-refractivity contribution in [1.29, 1.82) is 0 Å². The summed E-state index contributed by atoms with van der Waals surface area (Å²) in [4.78, 5) is 14.4. The molecule has 3 aliphatic rings. The lowest BCUT2D eigenvalue weighted by atomic mass is 9.70. The first kappa shape index (κ1) is 17.1. The molecule has 3 rings (SSSR count). The second-order valence-electron chi connectivity index (χ2n) is 7.19. The van der Waals surface area contributed by atoms with E-state index in [-0.39, 0.29) is 37.2 Å². The Bertz CT molecular complexity index is 419. The van der Waals surface area contributed by atoms with Gasteiger partial charge in [0.2, 0.25) is 5.91 Å². The lowest BCUT2D eigenvalue weighted by Gasteiger charge is -2.58. The third-order valence-electron chi connectivity index (χ3n) is 5.42. The fraction of sp³-hybridized carbons (Fsp3) is 0.941. The van der Waals surface area contributed by atoms with E-state index in [1.54, 1.807) is 4.90 Å². The molecule has 0 aromatic rings. The largest absolute Gasteiger partial charge is 0.395 e. The minimum Gasteiger partial charge on any atom is -0.395 e. The second-order valence-corrected chi connectivity index (χ2v) is 7.19. The van der Waals surface area contributed by atoms with Crippen molar-refractivity contribution in [3.8, 4) is 0 Å². The number of hydrogen-bond donors (Lipinski definition) is 1. The fourth-order valence-electron chi connectivity index (χ4n) is 4.08. The third-order valence-corrected chi connectivity index (χ3v) is 5.42. The molecule has 0 radical (unpaired) electrons. The van der Waals surface area contributed by atoms with Gasteiger partial charge in [-0.3, -0.25) is 4.79 Å². The molecule has 1 N–H and O–H groups in total. The van der Waals surface area contributed by atoms with Gasteiger partial charge >= 0.3 is 0 Å². The van der Waals surface area contributed by atoms with Crippen LogP contribution in [0.15, 0.2) is 0 Å². The van der Waals surface area contributed by atoms with Crippen molar-refractivity contribution >= 4 is 5.91 Å². The van der Waals surface area contributed by atoms with E-state index >= 15 is 0 Å². The zero-order chi connectivity index (χ0) is 16.4. The van der Waals surface area contributed by atoms with Crippen molar-refractivity contribution in [2.24, 2.45) is 5.41 Å². The molecule has 3 heterocycles. The van der Waals surface area contributed by atoms with Crippen molar-refractivity contribution < 1.29 is 24.1 Å². The van der Waals surface area contributed by atoms with Crippen LogP contribution in [0, 0.1) is 5.41 Å². The Morgan fingerprint density at radius 3 is 2.52 bits per heavy atom. The molecule has 3 aliphatic heterocycles. The van der Waals surface area contributed by atoms with E-state index in [4.69, 9.17) is 14.2 Å². The van der Waals surface area contributed by atoms with Crippen molar-refractivity contribution in [2.45, 2.75) is 77.0 Å². The molecule has 5 unspecified atom stereocenters. The molecule has 0 spiro atoms. The number of carbonyl (C=O) groups excluding carboxylic acids is 1. The molecule has 0 aromatic heterocycles. The molecule has 3 fully saturated rings. The van der Waals surface area contributed by atoms with E-state index in [0.717, 1.165) is 45.1 Å². The Balaban J connectivity index is 1.70. The fourth-order valence-corrected chi connectivity index (χ4v) is 4.08. The van der Waals surface area contributed by atoms with Crippen molar-refractivity contribution in [2.75, 3.05) is 19.8 Å². The lowest BCUT2D eigenvalue weighted by molar-refractivity contribution is -0.251. The van der Waals surface area contributed by atoms with Gasteiger partial charge in [0.05, 0.1) is 24.2 Å². The van der Waals surface area contributed by atoms with Gasteiger partial charge < -0.3 is 24.2 Å². The molecule has 0 aromatic carbocycles. The van der Waals surface area contributed by atoms with E-state index in [2.05, 4.69) is 0 Å². The van der Waals surface area contributed by atoms with E-state index in [9.17, 15) is 9.90 Å². The minimum absolute atomic E-state index is 0.0306. The quantitative estimate of drug-likeness (QED) is 0.778. The molecule has 0 aliphatic carbocycles. The van der Waals surface area contributed by atoms with Crippen LogP contribution in [-0.4, -0.2) is 60.4 Å². The van der Waals surface area contributed by atoms with Crippen LogP contribution in [0.4, 0.5) is 0 Å². The first-order chi connectivity index (χ1) is 11.1. The average molecular weight is 327 g/mol. The highest BCUT2D eigenvalue weighted by molar-refractivity contribution is 5.90. The van der Waals surface area contributed by atoms with Crippen LogP contribution in [0.1, 0.15) is 52.4 Å². The molecular formula is C17H29NO5. The zero-order valence-corrected chi connectivity index (χ0v) is 14.2. The lowest BCUT2D eigenvalue weighted by Crippen LogP contribution is -2.75. The van der Waals surface area contributed by atoms with E-state index in [1.807, 2.05) is 13.8 Å². The van der Waals surface area contributed by atoms with Gasteiger partial charge in [-0.05, 0) is 52.4 Å². The van der Waals surface area contributed by atoms with Crippen LogP contribution >= 0.6 is 0 Å². The SMILES string of the molecule is CC(OC1CCCCO1)C1N(C2CCCCO2)C(=O)C1(C)CO. The molecule has 6 nitrogen and oxygen atoms in total. The van der Waals surface area contributed by atoms with Gasteiger partial charge in [0.1, 0.15) is 6.23 Å². The van der Waals surface area contributed by atoms with Crippen molar-refractivity contribution in [3.05, 3.63) is 0 Å². The summed E-state index contributed by atoms with van der Waals surface area (Å²) in [5, 5.41) is 9.78. The normalized spacial score (nSPS) is 39.9. The predicted octanol–water partition coefficient (Wildman–Crippen LogP) is 1.65. The number of rotatable bonds is 5. The van der Waals surface area contributed by atoms with Crippen LogP contribution < -0.4 is 0 Å². The molecule has 23 heavy (non-hydrogen) atoms. The monoisotopic (exact) mass is 327 g/mol. The van der Waals surface area contributed by atoms with Gasteiger partial charge in [-0.2, -0.15) is 0 Å². The Hall–Kier alpha value is -0.690. The summed E-state index contributed by atoms with van der Waals surface area (Å²) in [5.41, 5.74) is -0.783. The summed E-state index contributed by atoms with van der Waals surface area (Å²) in [6, 6.07) is -0.173. The van der Waals surface area contributed by atoms with Crippen LogP contribution in [0.2, 0.25) is 0 Å². The first-order valence-corrected chi connectivity index (χ1v) is 8.90. The minimum atomic E-state index is -0.783. The van der Waals surface area contributed by atoms with Crippen molar-refractivity contribution in [1.82, 2.24) is 4.90 Å². The summed E-state index contributed by atoms with van der Waals surface area (Å²) in [7, 11) is 0. The van der Waals surface area contributed by atoms with Gasteiger partial charge in [0.15, 0.2) is 6.29 Å². The average Bonchev–Trinajstić information content (AvgIpc) is 2.59. The molecule has 132 valence electrons. The maximum atomic E-state index is 12.6. The van der Waals surface area contributed by atoms with Crippen LogP contribution in [-0.2, 0) is 19.0 Å². The number of β-lactam (4-membered cyclic amide) rings is 1. The highest BCUT2D eigenvalue weighted by atomic mass is 16.7. The highest BCUT2D eigenvalue weighted by Gasteiger charge is 2.61. The molecule has 0 bridgehead atoms. The van der Waals surface area contributed by atoms with Crippen LogP contribution in [0.3, 0.4) is 0 Å². The van der Waals surface area contributed by atoms with Gasteiger partial charge in [-0.25, -0.2) is 0 Å². The zero-order valence-electron chi connectivity index (χ0n) is 14.2. The van der Waals surface area contributed by atoms with Crippen LogP contribution in [0.5, 0.6) is 0 Å². The molecular weight excluding hydrogens is 298 g/mol. The number of nitrogens with zero attached hydrogens (tertiary/aromatic N) is 1. The third kappa shape index (κ3) is 3.14. The maximum absolute atomic E-state index is 12.6. The van der Waals surface area contributed by atoms with E-state index in [0.29, 0.717) is 6.61 Å². The number of hydrogen-bond acceptors (Lipinski definition) is 5. The summed E-state index contributed by atoms with van der Waals surface area (Å²) in [6.45, 7) is 5.05. The molecule has 5 atom stereocenters. The molecule has 3 saturated heterocycles. The predicted molar refractivity (Wildman–Crippen MR) is 83.6 cm³/mol.